The molecule has 2 amide bonds. The van der Waals surface area contributed by atoms with Gasteiger partial charge in [0.1, 0.15) is 12.7 Å². The van der Waals surface area contributed by atoms with E-state index in [2.05, 4.69) is 15.4 Å². The molecule has 2 aromatic rings. The fraction of sp³-hybridized carbons (Fsp3) is 0.400. The molecule has 0 radical (unpaired) electrons. The Labute approximate surface area is 139 Å². The van der Waals surface area contributed by atoms with E-state index >= 15 is 0 Å². The molecule has 122 valence electrons. The Kier molecular flexibility index (Phi) is 4.78. The number of halogens is 1. The van der Waals surface area contributed by atoms with Gasteiger partial charge in [0.25, 0.3) is 0 Å². The van der Waals surface area contributed by atoms with Gasteiger partial charge in [-0.25, -0.2) is 14.5 Å². The predicted octanol–water partition coefficient (Wildman–Crippen LogP) is 2.56. The van der Waals surface area contributed by atoms with E-state index in [1.807, 2.05) is 0 Å². The zero-order valence-corrected chi connectivity index (χ0v) is 13.5. The number of hydrogen-bond acceptors (Lipinski definition) is 4. The third-order valence-electron chi connectivity index (χ3n) is 3.86. The molecule has 3 rings (SSSR count). The number of piperidine rings is 1. The molecule has 2 heterocycles. The molecule has 1 saturated heterocycles. The minimum atomic E-state index is -0.171. The van der Waals surface area contributed by atoms with Gasteiger partial charge in [0.2, 0.25) is 0 Å². The van der Waals surface area contributed by atoms with Crippen molar-refractivity contribution in [1.82, 2.24) is 19.7 Å². The van der Waals surface area contributed by atoms with Crippen molar-refractivity contribution in [2.24, 2.45) is 0 Å². The van der Waals surface area contributed by atoms with Gasteiger partial charge in [-0.3, -0.25) is 0 Å². The highest BCUT2D eigenvalue weighted by molar-refractivity contribution is 6.31. The Morgan fingerprint density at radius 1 is 1.48 bits per heavy atom. The van der Waals surface area contributed by atoms with Crippen LogP contribution in [0.25, 0.3) is 5.69 Å². The lowest BCUT2D eigenvalue weighted by Gasteiger charge is -2.32. The molecule has 0 aliphatic carbocycles. The van der Waals surface area contributed by atoms with Gasteiger partial charge in [-0.1, -0.05) is 11.6 Å². The van der Waals surface area contributed by atoms with E-state index in [4.69, 9.17) is 16.3 Å². The molecule has 1 aliphatic heterocycles. The van der Waals surface area contributed by atoms with Gasteiger partial charge in [-0.2, -0.15) is 5.10 Å². The van der Waals surface area contributed by atoms with Gasteiger partial charge in [0.05, 0.1) is 17.5 Å². The van der Waals surface area contributed by atoms with Crippen molar-refractivity contribution in [3.63, 3.8) is 0 Å². The van der Waals surface area contributed by atoms with Crippen molar-refractivity contribution in [1.29, 1.82) is 0 Å². The lowest BCUT2D eigenvalue weighted by atomic mass is 10.1. The number of hydrogen-bond donors (Lipinski definition) is 1. The summed E-state index contributed by atoms with van der Waals surface area (Å²) in [4.78, 5) is 18.2. The van der Waals surface area contributed by atoms with Crippen LogP contribution in [0.3, 0.4) is 0 Å². The molecule has 1 aromatic carbocycles. The Balaban J connectivity index is 1.79. The maximum atomic E-state index is 12.5. The summed E-state index contributed by atoms with van der Waals surface area (Å²) in [5, 5.41) is 7.55. The maximum Gasteiger partial charge on any atom is 0.321 e. The largest absolute Gasteiger partial charge is 0.380 e. The highest BCUT2D eigenvalue weighted by atomic mass is 35.5. The molecule has 0 spiro atoms. The van der Waals surface area contributed by atoms with Crippen LogP contribution >= 0.6 is 11.6 Å². The summed E-state index contributed by atoms with van der Waals surface area (Å²) in [7, 11) is 1.67. The molecule has 1 aliphatic rings. The number of nitrogens with zero attached hydrogens (tertiary/aromatic N) is 4. The van der Waals surface area contributed by atoms with Crippen LogP contribution in [0.2, 0.25) is 5.02 Å². The number of aromatic nitrogens is 3. The van der Waals surface area contributed by atoms with Gasteiger partial charge in [0, 0.05) is 25.2 Å². The summed E-state index contributed by atoms with van der Waals surface area (Å²) in [6.07, 6.45) is 5.00. The van der Waals surface area contributed by atoms with E-state index in [1.165, 1.54) is 6.33 Å². The van der Waals surface area contributed by atoms with Gasteiger partial charge < -0.3 is 15.0 Å². The van der Waals surface area contributed by atoms with Crippen LogP contribution in [0.1, 0.15) is 12.8 Å². The maximum absolute atomic E-state index is 12.5. The van der Waals surface area contributed by atoms with E-state index in [1.54, 1.807) is 41.2 Å². The SMILES string of the molecule is CO[C@H]1CCCN(C(=O)Nc2cc(Cl)ccc2-n2cncn2)C1. The number of nitrogens with one attached hydrogen (secondary N) is 1. The molecule has 1 aromatic heterocycles. The third-order valence-corrected chi connectivity index (χ3v) is 4.10. The fourth-order valence-electron chi connectivity index (χ4n) is 2.65. The van der Waals surface area contributed by atoms with Crippen LogP contribution < -0.4 is 5.32 Å². The summed E-state index contributed by atoms with van der Waals surface area (Å²) in [5.74, 6) is 0. The lowest BCUT2D eigenvalue weighted by molar-refractivity contribution is 0.0458. The van der Waals surface area contributed by atoms with Crippen LogP contribution in [-0.4, -0.2) is 52.0 Å². The fourth-order valence-corrected chi connectivity index (χ4v) is 2.82. The van der Waals surface area contributed by atoms with E-state index in [0.29, 0.717) is 29.5 Å². The van der Waals surface area contributed by atoms with Crippen molar-refractivity contribution in [2.75, 3.05) is 25.5 Å². The average Bonchev–Trinajstić information content (AvgIpc) is 3.09. The molecule has 1 atom stereocenters. The van der Waals surface area contributed by atoms with E-state index in [0.717, 1.165) is 12.8 Å². The summed E-state index contributed by atoms with van der Waals surface area (Å²) in [6.45, 7) is 1.30. The summed E-state index contributed by atoms with van der Waals surface area (Å²) in [5.41, 5.74) is 1.30. The number of ether oxygens (including phenoxy) is 1. The number of benzene rings is 1. The molecule has 7 nitrogen and oxygen atoms in total. The van der Waals surface area contributed by atoms with Crippen LogP contribution in [0.4, 0.5) is 10.5 Å². The van der Waals surface area contributed by atoms with Crippen LogP contribution in [0.15, 0.2) is 30.9 Å². The zero-order valence-electron chi connectivity index (χ0n) is 12.8. The lowest BCUT2D eigenvalue weighted by Crippen LogP contribution is -2.45. The number of urea groups is 1. The minimum absolute atomic E-state index is 0.0867. The van der Waals surface area contributed by atoms with Crippen molar-refractivity contribution >= 4 is 23.3 Å². The second-order valence-electron chi connectivity index (χ2n) is 5.38. The molecule has 1 fully saturated rings. The van der Waals surface area contributed by atoms with Gasteiger partial charge in [0.15, 0.2) is 0 Å². The number of rotatable bonds is 3. The molecule has 0 unspecified atom stereocenters. The normalized spacial score (nSPS) is 18.0. The number of carbonyl (C=O) groups is 1. The second-order valence-corrected chi connectivity index (χ2v) is 5.81. The monoisotopic (exact) mass is 335 g/mol. The van der Waals surface area contributed by atoms with Crippen molar-refractivity contribution in [3.8, 4) is 5.69 Å². The first-order valence-electron chi connectivity index (χ1n) is 7.40. The first-order chi connectivity index (χ1) is 11.2. The smallest absolute Gasteiger partial charge is 0.321 e. The average molecular weight is 336 g/mol. The predicted molar refractivity (Wildman–Crippen MR) is 87.0 cm³/mol. The quantitative estimate of drug-likeness (QED) is 0.935. The summed E-state index contributed by atoms with van der Waals surface area (Å²) in [6, 6.07) is 5.07. The molecule has 0 bridgehead atoms. The summed E-state index contributed by atoms with van der Waals surface area (Å²) < 4.78 is 6.94. The molecule has 0 saturated carbocycles. The Bertz CT molecular complexity index is 677. The molecule has 1 N–H and O–H groups in total. The van der Waals surface area contributed by atoms with E-state index in [9.17, 15) is 4.79 Å². The van der Waals surface area contributed by atoms with E-state index in [-0.39, 0.29) is 12.1 Å². The van der Waals surface area contributed by atoms with Gasteiger partial charge in [-0.05, 0) is 31.0 Å². The van der Waals surface area contributed by atoms with Crippen LogP contribution in [0, 0.1) is 0 Å². The van der Waals surface area contributed by atoms with E-state index < -0.39 is 0 Å². The van der Waals surface area contributed by atoms with Crippen molar-refractivity contribution in [3.05, 3.63) is 35.9 Å². The van der Waals surface area contributed by atoms with Crippen molar-refractivity contribution in [2.45, 2.75) is 18.9 Å². The second kappa shape index (κ2) is 6.97. The first kappa shape index (κ1) is 15.8. The third kappa shape index (κ3) is 3.62. The molecule has 8 heteroatoms. The number of anilines is 1. The number of carbonyl (C=O) groups excluding carboxylic acids is 1. The number of methoxy groups -OCH3 is 1. The topological polar surface area (TPSA) is 72.3 Å². The molecular formula is C15H18ClN5O2. The Morgan fingerprint density at radius 2 is 2.35 bits per heavy atom. The number of amides is 2. The number of likely N-dealkylation sites (tertiary alicyclic amines) is 1. The highest BCUT2D eigenvalue weighted by Gasteiger charge is 2.24. The molecule has 23 heavy (non-hydrogen) atoms. The zero-order chi connectivity index (χ0) is 16.2. The van der Waals surface area contributed by atoms with Crippen molar-refractivity contribution < 1.29 is 9.53 Å². The highest BCUT2D eigenvalue weighted by Crippen LogP contribution is 2.25. The standard InChI is InChI=1S/C15H18ClN5O2/c1-23-12-3-2-6-20(8-12)15(22)19-13-7-11(16)4-5-14(13)21-10-17-9-18-21/h4-5,7,9-10,12H,2-3,6,8H2,1H3,(H,19,22)/t12-/m0/s1. The Morgan fingerprint density at radius 3 is 3.09 bits per heavy atom. The molecular weight excluding hydrogens is 318 g/mol. The first-order valence-corrected chi connectivity index (χ1v) is 7.78. The minimum Gasteiger partial charge on any atom is -0.380 e. The van der Waals surface area contributed by atoms with Crippen LogP contribution in [0.5, 0.6) is 0 Å². The summed E-state index contributed by atoms with van der Waals surface area (Å²) >= 11 is 6.06. The van der Waals surface area contributed by atoms with Gasteiger partial charge in [-0.15, -0.1) is 0 Å². The van der Waals surface area contributed by atoms with Gasteiger partial charge >= 0.3 is 6.03 Å². The Hall–Kier alpha value is -2.12. The van der Waals surface area contributed by atoms with Crippen LogP contribution in [-0.2, 0) is 4.74 Å².